The highest BCUT2D eigenvalue weighted by Gasteiger charge is 2.23. The molecule has 2 aromatic rings. The maximum atomic E-state index is 3.69. The number of nitrogens with one attached hydrogen (secondary N) is 1. The van der Waals surface area contributed by atoms with E-state index in [9.17, 15) is 0 Å². The number of rotatable bonds is 2. The van der Waals surface area contributed by atoms with Crippen molar-refractivity contribution in [1.82, 2.24) is 0 Å². The van der Waals surface area contributed by atoms with Gasteiger partial charge in [-0.1, -0.05) is 34.1 Å². The van der Waals surface area contributed by atoms with E-state index in [1.807, 2.05) is 0 Å². The molecular weight excluding hydrogens is 298 g/mol. The van der Waals surface area contributed by atoms with Crippen molar-refractivity contribution in [3.8, 4) is 0 Å². The van der Waals surface area contributed by atoms with Crippen LogP contribution < -0.4 is 5.32 Å². The smallest absolute Gasteiger partial charge is 0.0520 e. The first-order chi connectivity index (χ1) is 9.13. The summed E-state index contributed by atoms with van der Waals surface area (Å²) in [6, 6.07) is 13.6. The molecule has 0 fully saturated rings. The fourth-order valence-electron chi connectivity index (χ4n) is 3.02. The molecule has 0 saturated carbocycles. The molecule has 0 heterocycles. The largest absolute Gasteiger partial charge is 0.378 e. The Morgan fingerprint density at radius 2 is 1.84 bits per heavy atom. The molecule has 19 heavy (non-hydrogen) atoms. The summed E-state index contributed by atoms with van der Waals surface area (Å²) in [6.45, 7) is 4.30. The predicted octanol–water partition coefficient (Wildman–Crippen LogP) is 5.17. The second kappa shape index (κ2) is 5.01. The molecule has 0 bridgehead atoms. The first kappa shape index (κ1) is 12.7. The summed E-state index contributed by atoms with van der Waals surface area (Å²) < 4.78 is 1.25. The van der Waals surface area contributed by atoms with Crippen molar-refractivity contribution < 1.29 is 0 Å². The van der Waals surface area contributed by atoms with Crippen LogP contribution in [0, 0.1) is 13.8 Å². The van der Waals surface area contributed by atoms with Crippen molar-refractivity contribution in [2.24, 2.45) is 0 Å². The molecule has 1 atom stereocenters. The minimum Gasteiger partial charge on any atom is -0.378 e. The highest BCUT2D eigenvalue weighted by molar-refractivity contribution is 9.10. The number of fused-ring (bicyclic) bond motifs is 1. The van der Waals surface area contributed by atoms with Crippen LogP contribution in [0.1, 0.15) is 34.7 Å². The van der Waals surface area contributed by atoms with Gasteiger partial charge in [-0.05, 0) is 67.1 Å². The third kappa shape index (κ3) is 2.55. The van der Waals surface area contributed by atoms with Gasteiger partial charge in [0, 0.05) is 10.2 Å². The fourth-order valence-corrected chi connectivity index (χ4v) is 3.60. The van der Waals surface area contributed by atoms with Crippen LogP contribution in [-0.2, 0) is 6.42 Å². The molecular formula is C17H18BrN. The summed E-state index contributed by atoms with van der Waals surface area (Å²) in [6.07, 6.45) is 2.32. The first-order valence-electron chi connectivity index (χ1n) is 6.75. The molecule has 0 aromatic heterocycles. The van der Waals surface area contributed by atoms with Crippen molar-refractivity contribution in [2.45, 2.75) is 32.7 Å². The maximum Gasteiger partial charge on any atom is 0.0520 e. The number of anilines is 1. The van der Waals surface area contributed by atoms with E-state index in [0.29, 0.717) is 6.04 Å². The van der Waals surface area contributed by atoms with Crippen LogP contribution >= 0.6 is 15.9 Å². The second-order valence-electron chi connectivity index (χ2n) is 5.42. The molecule has 98 valence electrons. The van der Waals surface area contributed by atoms with Crippen LogP contribution in [0.3, 0.4) is 0 Å². The van der Waals surface area contributed by atoms with E-state index in [1.54, 1.807) is 0 Å². The lowest BCUT2D eigenvalue weighted by molar-refractivity contribution is 0.761. The topological polar surface area (TPSA) is 12.0 Å². The summed E-state index contributed by atoms with van der Waals surface area (Å²) in [4.78, 5) is 0. The van der Waals surface area contributed by atoms with E-state index < -0.39 is 0 Å². The van der Waals surface area contributed by atoms with Crippen molar-refractivity contribution in [3.63, 3.8) is 0 Å². The maximum absolute atomic E-state index is 3.69. The Morgan fingerprint density at radius 1 is 1.11 bits per heavy atom. The average Bonchev–Trinajstić information content (AvgIpc) is 2.73. The van der Waals surface area contributed by atoms with E-state index in [2.05, 4.69) is 71.5 Å². The van der Waals surface area contributed by atoms with Gasteiger partial charge < -0.3 is 5.32 Å². The van der Waals surface area contributed by atoms with Crippen LogP contribution in [0.15, 0.2) is 40.9 Å². The SMILES string of the molecule is Cc1cc(C)cc(NC2CCc3c(Br)cccc32)c1. The van der Waals surface area contributed by atoms with E-state index in [0.717, 1.165) is 6.42 Å². The average molecular weight is 316 g/mol. The molecule has 1 unspecified atom stereocenters. The van der Waals surface area contributed by atoms with Crippen molar-refractivity contribution in [2.75, 3.05) is 5.32 Å². The minimum absolute atomic E-state index is 0.439. The number of aryl methyl sites for hydroxylation is 2. The van der Waals surface area contributed by atoms with Gasteiger partial charge in [-0.15, -0.1) is 0 Å². The Balaban J connectivity index is 1.89. The molecule has 1 aliphatic carbocycles. The third-order valence-corrected chi connectivity index (χ3v) is 4.52. The summed E-state index contributed by atoms with van der Waals surface area (Å²) in [5.41, 5.74) is 6.76. The van der Waals surface area contributed by atoms with Gasteiger partial charge in [0.25, 0.3) is 0 Å². The second-order valence-corrected chi connectivity index (χ2v) is 6.27. The van der Waals surface area contributed by atoms with Gasteiger partial charge in [-0.2, -0.15) is 0 Å². The van der Waals surface area contributed by atoms with Gasteiger partial charge in [0.2, 0.25) is 0 Å². The molecule has 0 spiro atoms. The molecule has 0 aliphatic heterocycles. The molecule has 1 N–H and O–H groups in total. The van der Waals surface area contributed by atoms with Gasteiger partial charge in [-0.3, -0.25) is 0 Å². The minimum atomic E-state index is 0.439. The number of halogens is 1. The van der Waals surface area contributed by atoms with Gasteiger partial charge >= 0.3 is 0 Å². The number of benzene rings is 2. The number of hydrogen-bond acceptors (Lipinski definition) is 1. The van der Waals surface area contributed by atoms with Gasteiger partial charge in [0.1, 0.15) is 0 Å². The van der Waals surface area contributed by atoms with Crippen LogP contribution in [0.2, 0.25) is 0 Å². The molecule has 3 rings (SSSR count). The molecule has 0 saturated heterocycles. The Kier molecular flexibility index (Phi) is 3.36. The van der Waals surface area contributed by atoms with E-state index in [4.69, 9.17) is 0 Å². The molecule has 2 heteroatoms. The lowest BCUT2D eigenvalue weighted by Crippen LogP contribution is -2.07. The zero-order valence-electron chi connectivity index (χ0n) is 11.3. The lowest BCUT2D eigenvalue weighted by atomic mass is 10.1. The van der Waals surface area contributed by atoms with Crippen molar-refractivity contribution >= 4 is 21.6 Å². The van der Waals surface area contributed by atoms with Crippen LogP contribution in [-0.4, -0.2) is 0 Å². The molecule has 1 nitrogen and oxygen atoms in total. The quantitative estimate of drug-likeness (QED) is 0.806. The van der Waals surface area contributed by atoms with Gasteiger partial charge in [-0.25, -0.2) is 0 Å². The fraction of sp³-hybridized carbons (Fsp3) is 0.294. The standard InChI is InChI=1S/C17H18BrN/c1-11-8-12(2)10-13(9-11)19-17-7-6-14-15(17)4-3-5-16(14)18/h3-5,8-10,17,19H,6-7H2,1-2H3. The van der Waals surface area contributed by atoms with Crippen LogP contribution in [0.5, 0.6) is 0 Å². The summed E-state index contributed by atoms with van der Waals surface area (Å²) in [7, 11) is 0. The summed E-state index contributed by atoms with van der Waals surface area (Å²) in [5, 5.41) is 3.69. The molecule has 1 aliphatic rings. The van der Waals surface area contributed by atoms with Gasteiger partial charge in [0.15, 0.2) is 0 Å². The van der Waals surface area contributed by atoms with Gasteiger partial charge in [0.05, 0.1) is 6.04 Å². The van der Waals surface area contributed by atoms with Crippen LogP contribution in [0.25, 0.3) is 0 Å². The van der Waals surface area contributed by atoms with Crippen LogP contribution in [0.4, 0.5) is 5.69 Å². The summed E-state index contributed by atoms with van der Waals surface area (Å²) in [5.74, 6) is 0. The Labute approximate surface area is 123 Å². The molecule has 2 aromatic carbocycles. The lowest BCUT2D eigenvalue weighted by Gasteiger charge is -2.17. The van der Waals surface area contributed by atoms with E-state index >= 15 is 0 Å². The normalized spacial score (nSPS) is 17.3. The monoisotopic (exact) mass is 315 g/mol. The third-order valence-electron chi connectivity index (χ3n) is 3.78. The first-order valence-corrected chi connectivity index (χ1v) is 7.55. The zero-order valence-corrected chi connectivity index (χ0v) is 12.9. The zero-order chi connectivity index (χ0) is 13.4. The van der Waals surface area contributed by atoms with E-state index in [-0.39, 0.29) is 0 Å². The Hall–Kier alpha value is -1.28. The molecule has 0 radical (unpaired) electrons. The van der Waals surface area contributed by atoms with Crippen molar-refractivity contribution in [3.05, 3.63) is 63.1 Å². The Bertz CT molecular complexity index is 598. The number of hydrogen-bond donors (Lipinski definition) is 1. The predicted molar refractivity (Wildman–Crippen MR) is 84.7 cm³/mol. The van der Waals surface area contributed by atoms with Crippen molar-refractivity contribution in [1.29, 1.82) is 0 Å². The van der Waals surface area contributed by atoms with E-state index in [1.165, 1.54) is 38.8 Å². The highest BCUT2D eigenvalue weighted by Crippen LogP contribution is 2.37. The molecule has 0 amide bonds. The Morgan fingerprint density at radius 3 is 2.58 bits per heavy atom. The highest BCUT2D eigenvalue weighted by atomic mass is 79.9. The summed E-state index contributed by atoms with van der Waals surface area (Å²) >= 11 is 3.66.